The summed E-state index contributed by atoms with van der Waals surface area (Å²) >= 11 is 0. The molecule has 1 amide bonds. The number of carbonyl (C=O) groups is 1. The van der Waals surface area contributed by atoms with Crippen molar-refractivity contribution in [3.05, 3.63) is 35.9 Å². The van der Waals surface area contributed by atoms with Crippen LogP contribution in [0.3, 0.4) is 0 Å². The number of aliphatic hydroxyl groups is 1. The molecular weight excluding hydrogens is 302 g/mol. The normalized spacial score (nSPS) is 29.5. The van der Waals surface area contributed by atoms with Gasteiger partial charge >= 0.3 is 0 Å². The number of fused-ring (bicyclic) bond motifs is 2. The van der Waals surface area contributed by atoms with Crippen LogP contribution in [0.15, 0.2) is 30.3 Å². The van der Waals surface area contributed by atoms with E-state index < -0.39 is 0 Å². The van der Waals surface area contributed by atoms with Gasteiger partial charge in [-0.1, -0.05) is 37.3 Å². The molecule has 0 aromatic heterocycles. The van der Waals surface area contributed by atoms with E-state index in [0.717, 1.165) is 51.3 Å². The molecule has 3 saturated heterocycles. The van der Waals surface area contributed by atoms with Gasteiger partial charge in [0.1, 0.15) is 0 Å². The van der Waals surface area contributed by atoms with Crippen LogP contribution in [-0.2, 0) is 11.2 Å². The van der Waals surface area contributed by atoms with Crippen LogP contribution < -0.4 is 0 Å². The molecule has 130 valence electrons. The molecule has 2 atom stereocenters. The topological polar surface area (TPSA) is 47.0 Å². The van der Waals surface area contributed by atoms with Crippen LogP contribution in [0.25, 0.3) is 0 Å². The molecule has 5 nitrogen and oxygen atoms in total. The summed E-state index contributed by atoms with van der Waals surface area (Å²) in [5, 5.41) is 10.1. The Labute approximate surface area is 143 Å². The Kier molecular flexibility index (Phi) is 4.11. The maximum Gasteiger partial charge on any atom is 0.227 e. The lowest BCUT2D eigenvalue weighted by Gasteiger charge is -2.61. The Bertz CT molecular complexity index is 600. The molecular formula is C19H27N3O2. The van der Waals surface area contributed by atoms with E-state index in [4.69, 9.17) is 0 Å². The van der Waals surface area contributed by atoms with E-state index in [0.29, 0.717) is 12.5 Å². The second kappa shape index (κ2) is 6.14. The van der Waals surface area contributed by atoms with E-state index in [1.165, 1.54) is 0 Å². The first-order valence-electron chi connectivity index (χ1n) is 9.08. The second-order valence-corrected chi connectivity index (χ2v) is 7.66. The largest absolute Gasteiger partial charge is 0.392 e. The molecule has 4 rings (SSSR count). The molecule has 1 spiro atoms. The monoisotopic (exact) mass is 329 g/mol. The molecule has 0 saturated carbocycles. The van der Waals surface area contributed by atoms with Gasteiger partial charge in [0.15, 0.2) is 0 Å². The SMILES string of the molecule is CCN1CC2(C1)CN(C(=O)Cc1ccccc1)CC1CC(O)CN12. The number of benzene rings is 1. The highest BCUT2D eigenvalue weighted by Gasteiger charge is 2.56. The third-order valence-corrected chi connectivity index (χ3v) is 5.95. The molecule has 3 heterocycles. The third kappa shape index (κ3) is 2.75. The van der Waals surface area contributed by atoms with Crippen molar-refractivity contribution in [3.8, 4) is 0 Å². The highest BCUT2D eigenvalue weighted by molar-refractivity contribution is 5.79. The zero-order valence-corrected chi connectivity index (χ0v) is 14.4. The van der Waals surface area contributed by atoms with Gasteiger partial charge in [0.2, 0.25) is 5.91 Å². The summed E-state index contributed by atoms with van der Waals surface area (Å²) in [7, 11) is 0. The van der Waals surface area contributed by atoms with Gasteiger partial charge in [-0.05, 0) is 18.5 Å². The number of hydrogen-bond donors (Lipinski definition) is 1. The molecule has 3 aliphatic heterocycles. The minimum atomic E-state index is -0.244. The van der Waals surface area contributed by atoms with Crippen molar-refractivity contribution in [2.75, 3.05) is 39.3 Å². The number of aliphatic hydroxyl groups excluding tert-OH is 1. The fourth-order valence-electron chi connectivity index (χ4n) is 4.77. The van der Waals surface area contributed by atoms with Crippen molar-refractivity contribution in [1.82, 2.24) is 14.7 Å². The van der Waals surface area contributed by atoms with Gasteiger partial charge in [0.05, 0.1) is 18.1 Å². The van der Waals surface area contributed by atoms with Crippen LogP contribution >= 0.6 is 0 Å². The van der Waals surface area contributed by atoms with Crippen LogP contribution in [0.2, 0.25) is 0 Å². The molecule has 1 aromatic rings. The van der Waals surface area contributed by atoms with E-state index >= 15 is 0 Å². The lowest BCUT2D eigenvalue weighted by atomic mass is 9.83. The molecule has 0 radical (unpaired) electrons. The van der Waals surface area contributed by atoms with Crippen molar-refractivity contribution < 1.29 is 9.90 Å². The maximum atomic E-state index is 12.8. The maximum absolute atomic E-state index is 12.8. The summed E-state index contributed by atoms with van der Waals surface area (Å²) in [6, 6.07) is 10.3. The number of β-amino-alcohol motifs (C(OH)–C–C–N with tert-alkyl or cyclic N) is 1. The summed E-state index contributed by atoms with van der Waals surface area (Å²) in [4.78, 5) is 19.8. The predicted molar refractivity (Wildman–Crippen MR) is 92.7 cm³/mol. The lowest BCUT2D eigenvalue weighted by Crippen LogP contribution is -2.78. The third-order valence-electron chi connectivity index (χ3n) is 5.95. The first-order chi connectivity index (χ1) is 11.6. The van der Waals surface area contributed by atoms with Gasteiger partial charge in [-0.2, -0.15) is 0 Å². The highest BCUT2D eigenvalue weighted by Crippen LogP contribution is 2.38. The Hall–Kier alpha value is -1.43. The summed E-state index contributed by atoms with van der Waals surface area (Å²) in [5.41, 5.74) is 1.14. The zero-order valence-electron chi connectivity index (χ0n) is 14.4. The fourth-order valence-corrected chi connectivity index (χ4v) is 4.77. The van der Waals surface area contributed by atoms with Gasteiger partial charge in [-0.3, -0.25) is 14.6 Å². The average Bonchev–Trinajstić information content (AvgIpc) is 2.93. The number of piperazine rings is 1. The zero-order chi connectivity index (χ0) is 16.7. The Morgan fingerprint density at radius 2 is 1.96 bits per heavy atom. The molecule has 1 aromatic carbocycles. The Balaban J connectivity index is 1.49. The highest BCUT2D eigenvalue weighted by atomic mass is 16.3. The molecule has 5 heteroatoms. The van der Waals surface area contributed by atoms with Crippen molar-refractivity contribution in [2.24, 2.45) is 0 Å². The second-order valence-electron chi connectivity index (χ2n) is 7.66. The van der Waals surface area contributed by atoms with Crippen molar-refractivity contribution in [1.29, 1.82) is 0 Å². The number of rotatable bonds is 3. The number of amides is 1. The molecule has 3 fully saturated rings. The first-order valence-corrected chi connectivity index (χ1v) is 9.08. The smallest absolute Gasteiger partial charge is 0.227 e. The summed E-state index contributed by atoms with van der Waals surface area (Å²) < 4.78 is 0. The number of likely N-dealkylation sites (tertiary alicyclic amines) is 1. The van der Waals surface area contributed by atoms with E-state index in [1.807, 2.05) is 30.3 Å². The molecule has 0 bridgehead atoms. The van der Waals surface area contributed by atoms with Gasteiger partial charge in [-0.25, -0.2) is 0 Å². The van der Waals surface area contributed by atoms with Gasteiger partial charge in [-0.15, -0.1) is 0 Å². The minimum absolute atomic E-state index is 0.0583. The summed E-state index contributed by atoms with van der Waals surface area (Å²) in [6.07, 6.45) is 1.03. The van der Waals surface area contributed by atoms with E-state index in [1.54, 1.807) is 0 Å². The number of carbonyl (C=O) groups excluding carboxylic acids is 1. The summed E-state index contributed by atoms with van der Waals surface area (Å²) in [5.74, 6) is 0.219. The van der Waals surface area contributed by atoms with Crippen LogP contribution in [0.5, 0.6) is 0 Å². The van der Waals surface area contributed by atoms with Gasteiger partial charge in [0.25, 0.3) is 0 Å². The number of likely N-dealkylation sites (N-methyl/N-ethyl adjacent to an activating group) is 1. The van der Waals surface area contributed by atoms with E-state index in [9.17, 15) is 9.90 Å². The summed E-state index contributed by atoms with van der Waals surface area (Å²) in [6.45, 7) is 7.60. The molecule has 2 unspecified atom stereocenters. The number of hydrogen-bond acceptors (Lipinski definition) is 4. The van der Waals surface area contributed by atoms with Crippen LogP contribution in [0.4, 0.5) is 0 Å². The standard InChI is InChI=1S/C19H27N3O2/c1-2-20-12-19(13-20)14-21(10-16-9-17(23)11-22(16)19)18(24)8-15-6-4-3-5-7-15/h3-7,16-17,23H,2,8-14H2,1H3. The van der Waals surface area contributed by atoms with Crippen molar-refractivity contribution >= 4 is 5.91 Å². The predicted octanol–water partition coefficient (Wildman–Crippen LogP) is 0.581. The lowest BCUT2D eigenvalue weighted by molar-refractivity contribution is -0.149. The fraction of sp³-hybridized carbons (Fsp3) is 0.632. The van der Waals surface area contributed by atoms with Crippen molar-refractivity contribution in [3.63, 3.8) is 0 Å². The Morgan fingerprint density at radius 3 is 2.67 bits per heavy atom. The minimum Gasteiger partial charge on any atom is -0.392 e. The molecule has 24 heavy (non-hydrogen) atoms. The van der Waals surface area contributed by atoms with Gasteiger partial charge in [0, 0.05) is 38.8 Å². The van der Waals surface area contributed by atoms with Crippen LogP contribution in [-0.4, -0.2) is 82.7 Å². The Morgan fingerprint density at radius 1 is 1.21 bits per heavy atom. The quantitative estimate of drug-likeness (QED) is 0.881. The van der Waals surface area contributed by atoms with Crippen LogP contribution in [0, 0.1) is 0 Å². The average molecular weight is 329 g/mol. The molecule has 0 aliphatic carbocycles. The van der Waals surface area contributed by atoms with E-state index in [2.05, 4.69) is 21.6 Å². The number of nitrogens with zero attached hydrogens (tertiary/aromatic N) is 3. The van der Waals surface area contributed by atoms with Crippen molar-refractivity contribution in [2.45, 2.75) is 37.5 Å². The van der Waals surface area contributed by atoms with Gasteiger partial charge < -0.3 is 10.0 Å². The molecule has 3 aliphatic rings. The molecule has 1 N–H and O–H groups in total. The van der Waals surface area contributed by atoms with E-state index in [-0.39, 0.29) is 17.6 Å². The first kappa shape index (κ1) is 16.1. The van der Waals surface area contributed by atoms with Crippen LogP contribution in [0.1, 0.15) is 18.9 Å².